The zero-order valence-electron chi connectivity index (χ0n) is 22.4. The predicted molar refractivity (Wildman–Crippen MR) is 145 cm³/mol. The van der Waals surface area contributed by atoms with Crippen molar-refractivity contribution in [1.29, 1.82) is 0 Å². The molecule has 37 heavy (non-hydrogen) atoms. The van der Waals surface area contributed by atoms with E-state index in [-0.39, 0.29) is 18.1 Å². The SMILES string of the molecule is CCCNC(=O)N1CCC2(CC1)C(=O)N(CCc1ccc(OC)cc1)C(c1ccc(C3CC3)cc1)N2C. The van der Waals surface area contributed by atoms with Crippen molar-refractivity contribution in [2.24, 2.45) is 0 Å². The van der Waals surface area contributed by atoms with Gasteiger partial charge in [0, 0.05) is 26.2 Å². The van der Waals surface area contributed by atoms with Gasteiger partial charge in [0.15, 0.2) is 0 Å². The first-order valence-electron chi connectivity index (χ1n) is 13.8. The Balaban J connectivity index is 1.37. The quantitative estimate of drug-likeness (QED) is 0.573. The molecule has 1 unspecified atom stereocenters. The van der Waals surface area contributed by atoms with Gasteiger partial charge in [-0.3, -0.25) is 9.69 Å². The number of amides is 3. The third-order valence-corrected chi connectivity index (χ3v) is 8.48. The Labute approximate surface area is 220 Å². The fourth-order valence-electron chi connectivity index (χ4n) is 5.99. The fraction of sp³-hybridized carbons (Fsp3) is 0.533. The monoisotopic (exact) mass is 504 g/mol. The molecule has 2 saturated heterocycles. The van der Waals surface area contributed by atoms with Crippen LogP contribution in [-0.4, -0.2) is 72.5 Å². The Kier molecular flexibility index (Phi) is 7.43. The highest BCUT2D eigenvalue weighted by molar-refractivity contribution is 5.89. The molecule has 0 bridgehead atoms. The number of likely N-dealkylation sites (tertiary alicyclic amines) is 1. The lowest BCUT2D eigenvalue weighted by Gasteiger charge is -2.42. The van der Waals surface area contributed by atoms with E-state index in [9.17, 15) is 9.59 Å². The molecule has 2 heterocycles. The number of carbonyl (C=O) groups excluding carboxylic acids is 2. The van der Waals surface area contributed by atoms with Crippen molar-refractivity contribution in [2.75, 3.05) is 40.3 Å². The Morgan fingerprint density at radius 1 is 1.03 bits per heavy atom. The number of ether oxygens (including phenoxy) is 1. The maximum atomic E-state index is 14.2. The number of nitrogens with one attached hydrogen (secondary N) is 1. The summed E-state index contributed by atoms with van der Waals surface area (Å²) in [4.78, 5) is 33.0. The molecule has 2 aliphatic heterocycles. The van der Waals surface area contributed by atoms with E-state index in [1.807, 2.05) is 17.0 Å². The van der Waals surface area contributed by atoms with Crippen LogP contribution in [-0.2, 0) is 11.2 Å². The Bertz CT molecular complexity index is 1090. The van der Waals surface area contributed by atoms with Crippen LogP contribution >= 0.6 is 0 Å². The largest absolute Gasteiger partial charge is 0.497 e. The number of hydrogen-bond acceptors (Lipinski definition) is 4. The van der Waals surface area contributed by atoms with Gasteiger partial charge in [0.1, 0.15) is 17.5 Å². The molecule has 1 aliphatic carbocycles. The van der Waals surface area contributed by atoms with Crippen LogP contribution in [0.5, 0.6) is 5.75 Å². The van der Waals surface area contributed by atoms with E-state index in [4.69, 9.17) is 4.74 Å². The molecule has 1 N–H and O–H groups in total. The van der Waals surface area contributed by atoms with Crippen LogP contribution in [0.3, 0.4) is 0 Å². The minimum Gasteiger partial charge on any atom is -0.497 e. The van der Waals surface area contributed by atoms with Gasteiger partial charge in [0.2, 0.25) is 5.91 Å². The summed E-state index contributed by atoms with van der Waals surface area (Å²) in [7, 11) is 3.77. The van der Waals surface area contributed by atoms with Gasteiger partial charge < -0.3 is 19.9 Å². The first kappa shape index (κ1) is 25.6. The van der Waals surface area contributed by atoms with E-state index in [0.29, 0.717) is 44.9 Å². The van der Waals surface area contributed by atoms with Crippen LogP contribution < -0.4 is 10.1 Å². The minimum absolute atomic E-state index is 0.0200. The summed E-state index contributed by atoms with van der Waals surface area (Å²) in [5, 5.41) is 2.98. The van der Waals surface area contributed by atoms with Crippen molar-refractivity contribution in [3.05, 3.63) is 65.2 Å². The number of hydrogen-bond donors (Lipinski definition) is 1. The molecule has 3 fully saturated rings. The van der Waals surface area contributed by atoms with Gasteiger partial charge in [0.05, 0.1) is 7.11 Å². The van der Waals surface area contributed by atoms with E-state index in [2.05, 4.69) is 65.5 Å². The number of nitrogens with zero attached hydrogens (tertiary/aromatic N) is 3. The lowest BCUT2D eigenvalue weighted by atomic mass is 9.86. The number of carbonyl (C=O) groups is 2. The average Bonchev–Trinajstić information content (AvgIpc) is 3.77. The molecule has 2 aromatic rings. The molecule has 3 aliphatic rings. The first-order valence-corrected chi connectivity index (χ1v) is 13.8. The first-order chi connectivity index (χ1) is 18.0. The average molecular weight is 505 g/mol. The third-order valence-electron chi connectivity index (χ3n) is 8.48. The van der Waals surface area contributed by atoms with Gasteiger partial charge in [-0.15, -0.1) is 0 Å². The molecule has 5 rings (SSSR count). The van der Waals surface area contributed by atoms with E-state index >= 15 is 0 Å². The maximum Gasteiger partial charge on any atom is 0.317 e. The highest BCUT2D eigenvalue weighted by Crippen LogP contribution is 2.46. The summed E-state index contributed by atoms with van der Waals surface area (Å²) >= 11 is 0. The molecule has 7 nitrogen and oxygen atoms in total. The summed E-state index contributed by atoms with van der Waals surface area (Å²) in [5.41, 5.74) is 3.17. The molecular weight excluding hydrogens is 464 g/mol. The smallest absolute Gasteiger partial charge is 0.317 e. The molecule has 1 saturated carbocycles. The van der Waals surface area contributed by atoms with Crippen LogP contribution in [0, 0.1) is 0 Å². The predicted octanol–water partition coefficient (Wildman–Crippen LogP) is 4.54. The van der Waals surface area contributed by atoms with Crippen molar-refractivity contribution in [2.45, 2.75) is 63.1 Å². The number of urea groups is 1. The van der Waals surface area contributed by atoms with Crippen molar-refractivity contribution >= 4 is 11.9 Å². The Morgan fingerprint density at radius 3 is 2.27 bits per heavy atom. The van der Waals surface area contributed by atoms with Gasteiger partial charge in [-0.1, -0.05) is 43.3 Å². The highest BCUT2D eigenvalue weighted by Gasteiger charge is 2.57. The van der Waals surface area contributed by atoms with Crippen molar-refractivity contribution < 1.29 is 14.3 Å². The normalized spacial score (nSPS) is 21.5. The number of likely N-dealkylation sites (N-methyl/N-ethyl adjacent to an activating group) is 1. The lowest BCUT2D eigenvalue weighted by molar-refractivity contribution is -0.135. The van der Waals surface area contributed by atoms with Crippen LogP contribution in [0.2, 0.25) is 0 Å². The summed E-state index contributed by atoms with van der Waals surface area (Å²) in [6.07, 6.45) is 5.44. The second-order valence-electron chi connectivity index (χ2n) is 10.8. The number of benzene rings is 2. The van der Waals surface area contributed by atoms with Gasteiger partial charge >= 0.3 is 6.03 Å². The summed E-state index contributed by atoms with van der Waals surface area (Å²) in [6, 6.07) is 17.0. The standard InChI is InChI=1S/C30H40N4O3/c1-4-18-31-29(36)33-20-16-30(17-21-33)28(35)34(19-15-22-5-13-26(37-3)14-6-22)27(32(30)2)25-11-9-24(10-12-25)23-7-8-23/h5-6,9-14,23,27H,4,7-8,15-21H2,1-3H3,(H,31,36). The molecule has 1 spiro atoms. The van der Waals surface area contributed by atoms with E-state index in [1.54, 1.807) is 7.11 Å². The minimum atomic E-state index is -0.582. The zero-order valence-corrected chi connectivity index (χ0v) is 22.4. The van der Waals surface area contributed by atoms with Crippen molar-refractivity contribution in [3.63, 3.8) is 0 Å². The van der Waals surface area contributed by atoms with Gasteiger partial charge in [-0.2, -0.15) is 0 Å². The molecule has 1 atom stereocenters. The summed E-state index contributed by atoms with van der Waals surface area (Å²) in [6.45, 7) is 4.55. The van der Waals surface area contributed by atoms with Crippen molar-refractivity contribution in [1.82, 2.24) is 20.0 Å². The molecule has 7 heteroatoms. The van der Waals surface area contributed by atoms with Crippen LogP contribution in [0.1, 0.15) is 67.8 Å². The molecule has 198 valence electrons. The second kappa shape index (κ2) is 10.7. The summed E-state index contributed by atoms with van der Waals surface area (Å²) < 4.78 is 5.30. The van der Waals surface area contributed by atoms with Gasteiger partial charge in [0.25, 0.3) is 0 Å². The zero-order chi connectivity index (χ0) is 26.0. The molecule has 0 aromatic heterocycles. The number of piperidine rings is 1. The molecular formula is C30H40N4O3. The molecule has 2 aromatic carbocycles. The molecule has 0 radical (unpaired) electrons. The second-order valence-corrected chi connectivity index (χ2v) is 10.8. The fourth-order valence-corrected chi connectivity index (χ4v) is 5.99. The van der Waals surface area contributed by atoms with E-state index in [0.717, 1.165) is 24.2 Å². The maximum absolute atomic E-state index is 14.2. The number of rotatable bonds is 8. The summed E-state index contributed by atoms with van der Waals surface area (Å²) in [5.74, 6) is 1.73. The van der Waals surface area contributed by atoms with Crippen LogP contribution in [0.15, 0.2) is 48.5 Å². The highest BCUT2D eigenvalue weighted by atomic mass is 16.5. The van der Waals surface area contributed by atoms with Gasteiger partial charge in [-0.05, 0) is 80.3 Å². The number of methoxy groups -OCH3 is 1. The van der Waals surface area contributed by atoms with E-state index in [1.165, 1.54) is 24.0 Å². The Morgan fingerprint density at radius 2 is 1.68 bits per heavy atom. The lowest BCUT2D eigenvalue weighted by Crippen LogP contribution is -2.57. The van der Waals surface area contributed by atoms with Crippen LogP contribution in [0.25, 0.3) is 0 Å². The van der Waals surface area contributed by atoms with Crippen LogP contribution in [0.4, 0.5) is 4.79 Å². The van der Waals surface area contributed by atoms with E-state index < -0.39 is 5.54 Å². The molecule has 3 amide bonds. The third kappa shape index (κ3) is 5.06. The van der Waals surface area contributed by atoms with Crippen molar-refractivity contribution in [3.8, 4) is 5.75 Å². The van der Waals surface area contributed by atoms with Gasteiger partial charge in [-0.25, -0.2) is 4.79 Å². The topological polar surface area (TPSA) is 65.1 Å². The Hall–Kier alpha value is -3.06.